The minimum Gasteiger partial charge on any atom is -0.497 e. The Morgan fingerprint density at radius 1 is 1.10 bits per heavy atom. The van der Waals surface area contributed by atoms with Crippen molar-refractivity contribution in [1.82, 2.24) is 15.3 Å². The Labute approximate surface area is 241 Å². The van der Waals surface area contributed by atoms with Crippen LogP contribution in [0.3, 0.4) is 0 Å². The summed E-state index contributed by atoms with van der Waals surface area (Å²) in [4.78, 5) is 26.2. The first-order chi connectivity index (χ1) is 19.3. The smallest absolute Gasteiger partial charge is 0.215 e. The Morgan fingerprint density at radius 2 is 1.88 bits per heavy atom. The highest BCUT2D eigenvalue weighted by Gasteiger charge is 2.39. The first kappa shape index (κ1) is 29.6. The van der Waals surface area contributed by atoms with Crippen molar-refractivity contribution in [3.05, 3.63) is 94.0 Å². The Morgan fingerprint density at radius 3 is 2.45 bits per heavy atom. The van der Waals surface area contributed by atoms with Gasteiger partial charge < -0.3 is 9.47 Å². The molecule has 0 aromatic heterocycles. The lowest BCUT2D eigenvalue weighted by atomic mass is 9.93. The van der Waals surface area contributed by atoms with Crippen molar-refractivity contribution in [3.8, 4) is 11.5 Å². The van der Waals surface area contributed by atoms with Crippen LogP contribution in [0.5, 0.6) is 11.5 Å². The minimum absolute atomic E-state index is 0.0535. The van der Waals surface area contributed by atoms with E-state index in [1.807, 2.05) is 69.4 Å². The van der Waals surface area contributed by atoms with Gasteiger partial charge in [-0.15, -0.1) is 0 Å². The molecule has 212 valence electrons. The van der Waals surface area contributed by atoms with Crippen molar-refractivity contribution in [2.24, 2.45) is 4.99 Å². The SMILES string of the molecule is CN1CCNOC1.COc1ccc(C2=NC(c3cccc(C)c3)C(c3ccc(Cl)cc3)N2C=O)c(OC(C)C)c1. The largest absolute Gasteiger partial charge is 0.497 e. The number of carbonyl (C=O) groups excluding carboxylic acids is 1. The lowest BCUT2D eigenvalue weighted by Crippen LogP contribution is -2.39. The van der Waals surface area contributed by atoms with E-state index < -0.39 is 0 Å². The van der Waals surface area contributed by atoms with Crippen molar-refractivity contribution in [3.63, 3.8) is 0 Å². The number of hydroxylamine groups is 1. The molecule has 0 radical (unpaired) electrons. The number of carbonyl (C=O) groups is 1. The zero-order valence-electron chi connectivity index (χ0n) is 23.6. The van der Waals surface area contributed by atoms with Gasteiger partial charge in [-0.05, 0) is 63.2 Å². The van der Waals surface area contributed by atoms with Crippen molar-refractivity contribution in [1.29, 1.82) is 0 Å². The summed E-state index contributed by atoms with van der Waals surface area (Å²) in [6.45, 7) is 8.71. The van der Waals surface area contributed by atoms with Gasteiger partial charge in [-0.25, -0.2) is 0 Å². The van der Waals surface area contributed by atoms with Gasteiger partial charge in [0, 0.05) is 24.2 Å². The predicted molar refractivity (Wildman–Crippen MR) is 158 cm³/mol. The zero-order chi connectivity index (χ0) is 28.6. The second kappa shape index (κ2) is 13.8. The summed E-state index contributed by atoms with van der Waals surface area (Å²) in [5.74, 6) is 1.86. The summed E-state index contributed by atoms with van der Waals surface area (Å²) in [6.07, 6.45) is 0.791. The number of aliphatic imine (C=N–C) groups is 1. The number of aryl methyl sites for hydroxylation is 1. The van der Waals surface area contributed by atoms with Crippen molar-refractivity contribution < 1.29 is 19.1 Å². The summed E-state index contributed by atoms with van der Waals surface area (Å²) in [6, 6.07) is 20.8. The second-order valence-electron chi connectivity index (χ2n) is 10.1. The van der Waals surface area contributed by atoms with Crippen LogP contribution in [0.25, 0.3) is 0 Å². The normalized spacial score (nSPS) is 19.1. The molecule has 9 heteroatoms. The summed E-state index contributed by atoms with van der Waals surface area (Å²) < 4.78 is 11.5. The van der Waals surface area contributed by atoms with Gasteiger partial charge in [0.15, 0.2) is 0 Å². The number of amidine groups is 1. The highest BCUT2D eigenvalue weighted by Crippen LogP contribution is 2.44. The van der Waals surface area contributed by atoms with Gasteiger partial charge in [-0.1, -0.05) is 53.6 Å². The lowest BCUT2D eigenvalue weighted by Gasteiger charge is -2.27. The molecular formula is C31H37ClN4O4. The molecule has 2 heterocycles. The van der Waals surface area contributed by atoms with Crippen LogP contribution < -0.4 is 15.0 Å². The lowest BCUT2D eigenvalue weighted by molar-refractivity contribution is -0.116. The van der Waals surface area contributed by atoms with Gasteiger partial charge in [0.2, 0.25) is 6.41 Å². The third-order valence-electron chi connectivity index (χ3n) is 6.59. The maximum atomic E-state index is 12.5. The van der Waals surface area contributed by atoms with Gasteiger partial charge in [-0.3, -0.25) is 24.4 Å². The van der Waals surface area contributed by atoms with Crippen LogP contribution in [0.15, 0.2) is 71.7 Å². The average molecular weight is 565 g/mol. The maximum absolute atomic E-state index is 12.5. The fraction of sp³-hybridized carbons (Fsp3) is 0.355. The third kappa shape index (κ3) is 7.20. The molecule has 2 aliphatic heterocycles. The molecule has 1 saturated heterocycles. The average Bonchev–Trinajstić information content (AvgIpc) is 3.33. The number of hydrogen-bond acceptors (Lipinski definition) is 7. The van der Waals surface area contributed by atoms with E-state index in [-0.39, 0.29) is 18.2 Å². The summed E-state index contributed by atoms with van der Waals surface area (Å²) >= 11 is 6.14. The van der Waals surface area contributed by atoms with Crippen LogP contribution in [-0.4, -0.2) is 62.1 Å². The molecule has 2 aliphatic rings. The maximum Gasteiger partial charge on any atom is 0.215 e. The summed E-state index contributed by atoms with van der Waals surface area (Å²) in [5, 5.41) is 0.644. The van der Waals surface area contributed by atoms with E-state index in [1.165, 1.54) is 0 Å². The number of amides is 1. The molecule has 0 saturated carbocycles. The number of rotatable bonds is 7. The number of ether oxygens (including phenoxy) is 2. The topological polar surface area (TPSA) is 75.6 Å². The molecule has 1 fully saturated rings. The van der Waals surface area contributed by atoms with Gasteiger partial charge in [0.25, 0.3) is 0 Å². The molecule has 1 N–H and O–H groups in total. The van der Waals surface area contributed by atoms with Crippen LogP contribution in [0.2, 0.25) is 5.02 Å². The first-order valence-electron chi connectivity index (χ1n) is 13.3. The van der Waals surface area contributed by atoms with Crippen LogP contribution in [0.1, 0.15) is 48.2 Å². The molecule has 2 unspecified atom stereocenters. The Hall–Kier alpha value is -3.43. The number of nitrogens with one attached hydrogen (secondary N) is 1. The molecule has 40 heavy (non-hydrogen) atoms. The van der Waals surface area contributed by atoms with Crippen molar-refractivity contribution >= 4 is 23.8 Å². The first-order valence-corrected chi connectivity index (χ1v) is 13.7. The molecule has 0 aliphatic carbocycles. The van der Waals surface area contributed by atoms with Crippen LogP contribution in [-0.2, 0) is 9.63 Å². The highest BCUT2D eigenvalue weighted by atomic mass is 35.5. The van der Waals surface area contributed by atoms with Crippen LogP contribution in [0.4, 0.5) is 0 Å². The number of halogens is 1. The number of hydrogen-bond donors (Lipinski definition) is 1. The molecule has 3 aromatic carbocycles. The highest BCUT2D eigenvalue weighted by molar-refractivity contribution is 6.30. The second-order valence-corrected chi connectivity index (χ2v) is 10.5. The monoisotopic (exact) mass is 564 g/mol. The molecule has 0 bridgehead atoms. The quantitative estimate of drug-likeness (QED) is 0.379. The predicted octanol–water partition coefficient (Wildman–Crippen LogP) is 5.56. The standard InChI is InChI=1S/C27H27ClN2O3.C4H10N2O/c1-17(2)33-24-15-22(32-4)12-13-23(24)27-29-25(20-7-5-6-18(3)14-20)26(30(27)16-31)19-8-10-21(28)11-9-19;1-6-3-2-5-7-4-6/h5-17,25-26H,1-4H3;5H,2-4H2,1H3. The summed E-state index contributed by atoms with van der Waals surface area (Å²) in [5.41, 5.74) is 6.64. The molecular weight excluding hydrogens is 528 g/mol. The number of likely N-dealkylation sites (N-methyl/N-ethyl adjacent to an activating group) is 1. The van der Waals surface area contributed by atoms with Gasteiger partial charge in [0.1, 0.15) is 30.1 Å². The minimum atomic E-state index is -0.314. The molecule has 8 nitrogen and oxygen atoms in total. The van der Waals surface area contributed by atoms with Crippen molar-refractivity contribution in [2.45, 2.75) is 39.0 Å². The Balaban J connectivity index is 0.000000461. The number of benzene rings is 3. The van der Waals surface area contributed by atoms with Gasteiger partial charge >= 0.3 is 0 Å². The van der Waals surface area contributed by atoms with Crippen molar-refractivity contribution in [2.75, 3.05) is 34.0 Å². The molecule has 3 aromatic rings. The summed E-state index contributed by atoms with van der Waals surface area (Å²) in [7, 11) is 3.64. The third-order valence-corrected chi connectivity index (χ3v) is 6.84. The van der Waals surface area contributed by atoms with E-state index in [4.69, 9.17) is 30.9 Å². The Kier molecular flexibility index (Phi) is 10.2. The van der Waals surface area contributed by atoms with E-state index >= 15 is 0 Å². The van der Waals surface area contributed by atoms with Gasteiger partial charge in [0.05, 0.1) is 24.8 Å². The fourth-order valence-corrected chi connectivity index (χ4v) is 4.81. The number of nitrogens with zero attached hydrogens (tertiary/aromatic N) is 3. The van der Waals surface area contributed by atoms with E-state index in [9.17, 15) is 4.79 Å². The molecule has 2 atom stereocenters. The molecule has 1 amide bonds. The van der Waals surface area contributed by atoms with Gasteiger partial charge in [-0.2, -0.15) is 5.48 Å². The fourth-order valence-electron chi connectivity index (χ4n) is 4.69. The molecule has 5 rings (SSSR count). The van der Waals surface area contributed by atoms with E-state index in [0.717, 1.165) is 41.8 Å². The molecule has 0 spiro atoms. The zero-order valence-corrected chi connectivity index (χ0v) is 24.4. The van der Waals surface area contributed by atoms with Crippen LogP contribution in [0, 0.1) is 6.92 Å². The van der Waals surface area contributed by atoms with Crippen LogP contribution >= 0.6 is 11.6 Å². The van der Waals surface area contributed by atoms with E-state index in [1.54, 1.807) is 12.0 Å². The van der Waals surface area contributed by atoms with E-state index in [0.29, 0.717) is 29.1 Å². The number of methoxy groups -OCH3 is 1. The van der Waals surface area contributed by atoms with E-state index in [2.05, 4.69) is 35.5 Å². The Bertz CT molecular complexity index is 1310.